The van der Waals surface area contributed by atoms with Crippen LogP contribution in [0.15, 0.2) is 6.20 Å². The van der Waals surface area contributed by atoms with Crippen LogP contribution in [0.2, 0.25) is 0 Å². The number of aromatic amines is 1. The van der Waals surface area contributed by atoms with Crippen LogP contribution < -0.4 is 5.32 Å². The highest BCUT2D eigenvalue weighted by atomic mass is 16.5. The number of methoxy groups -OCH3 is 1. The molecule has 2 aromatic rings. The lowest BCUT2D eigenvalue weighted by atomic mass is 9.99. The molecular weight excluding hydrogens is 346 g/mol. The number of hydrogen-bond donors (Lipinski definition) is 2. The van der Waals surface area contributed by atoms with E-state index in [2.05, 4.69) is 34.5 Å². The van der Waals surface area contributed by atoms with Crippen LogP contribution in [0, 0.1) is 0 Å². The summed E-state index contributed by atoms with van der Waals surface area (Å²) in [6, 6.07) is 0. The highest BCUT2D eigenvalue weighted by Gasteiger charge is 2.32. The van der Waals surface area contributed by atoms with E-state index in [0.29, 0.717) is 37.7 Å². The molecular formula is C19H29N5O3. The summed E-state index contributed by atoms with van der Waals surface area (Å²) in [5.41, 5.74) is 4.47. The zero-order valence-corrected chi connectivity index (χ0v) is 16.7. The van der Waals surface area contributed by atoms with Gasteiger partial charge in [-0.3, -0.25) is 14.6 Å². The molecule has 2 aromatic heterocycles. The van der Waals surface area contributed by atoms with Gasteiger partial charge in [-0.25, -0.2) is 0 Å². The zero-order valence-electron chi connectivity index (χ0n) is 16.7. The summed E-state index contributed by atoms with van der Waals surface area (Å²) < 4.78 is 12.8. The maximum Gasteiger partial charge on any atom is 0.270 e. The molecule has 0 spiro atoms. The van der Waals surface area contributed by atoms with Gasteiger partial charge in [-0.05, 0) is 25.3 Å². The van der Waals surface area contributed by atoms with E-state index in [1.54, 1.807) is 11.8 Å². The summed E-state index contributed by atoms with van der Waals surface area (Å²) in [7, 11) is 1.64. The first-order valence-electron chi connectivity index (χ1n) is 9.46. The fourth-order valence-electron chi connectivity index (χ4n) is 3.60. The zero-order chi connectivity index (χ0) is 19.6. The molecule has 0 bridgehead atoms. The molecule has 2 atom stereocenters. The van der Waals surface area contributed by atoms with Gasteiger partial charge in [-0.2, -0.15) is 10.2 Å². The van der Waals surface area contributed by atoms with E-state index in [4.69, 9.17) is 9.47 Å². The highest BCUT2D eigenvalue weighted by molar-refractivity contribution is 5.94. The minimum atomic E-state index is -0.134. The number of aromatic nitrogens is 4. The largest absolute Gasteiger partial charge is 0.383 e. The molecule has 3 heterocycles. The van der Waals surface area contributed by atoms with Gasteiger partial charge in [0, 0.05) is 19.1 Å². The number of fused-ring (bicyclic) bond motifs is 1. The third-order valence-electron chi connectivity index (χ3n) is 4.92. The van der Waals surface area contributed by atoms with Crippen molar-refractivity contribution in [2.75, 3.05) is 13.7 Å². The number of nitrogens with zero attached hydrogens (tertiary/aromatic N) is 3. The lowest BCUT2D eigenvalue weighted by Crippen LogP contribution is -2.29. The molecule has 1 aliphatic heterocycles. The van der Waals surface area contributed by atoms with E-state index in [1.165, 1.54) is 0 Å². The molecule has 1 amide bonds. The van der Waals surface area contributed by atoms with Gasteiger partial charge in [0.2, 0.25) is 0 Å². The third-order valence-corrected chi connectivity index (χ3v) is 4.92. The topological polar surface area (TPSA) is 94.1 Å². The van der Waals surface area contributed by atoms with E-state index in [9.17, 15) is 4.79 Å². The average Bonchev–Trinajstić information content (AvgIpc) is 3.22. The number of carbonyl (C=O) groups is 1. The van der Waals surface area contributed by atoms with Crippen molar-refractivity contribution in [1.29, 1.82) is 0 Å². The quantitative estimate of drug-likeness (QED) is 0.775. The number of hydrogen-bond acceptors (Lipinski definition) is 5. The van der Waals surface area contributed by atoms with Crippen molar-refractivity contribution in [2.45, 2.75) is 65.3 Å². The van der Waals surface area contributed by atoms with Crippen molar-refractivity contribution in [1.82, 2.24) is 25.3 Å². The Morgan fingerprint density at radius 2 is 2.26 bits per heavy atom. The summed E-state index contributed by atoms with van der Waals surface area (Å²) in [5, 5.41) is 14.8. The predicted octanol–water partition coefficient (Wildman–Crippen LogP) is 2.33. The van der Waals surface area contributed by atoms with Gasteiger partial charge in [-0.15, -0.1) is 0 Å². The molecule has 1 aliphatic rings. The normalized spacial score (nSPS) is 19.3. The number of nitrogens with one attached hydrogen (secondary N) is 2. The molecule has 0 unspecified atom stereocenters. The average molecular weight is 375 g/mol. The number of rotatable bonds is 7. The van der Waals surface area contributed by atoms with Crippen molar-refractivity contribution in [3.63, 3.8) is 0 Å². The summed E-state index contributed by atoms with van der Waals surface area (Å²) in [6.45, 7) is 9.62. The lowest BCUT2D eigenvalue weighted by Gasteiger charge is -2.24. The van der Waals surface area contributed by atoms with Crippen LogP contribution in [0.3, 0.4) is 0 Å². The summed E-state index contributed by atoms with van der Waals surface area (Å²) in [5.74, 6) is 0.208. The Balaban J connectivity index is 1.85. The Morgan fingerprint density at radius 1 is 1.48 bits per heavy atom. The Kier molecular flexibility index (Phi) is 5.96. The van der Waals surface area contributed by atoms with Crippen LogP contribution in [0.25, 0.3) is 0 Å². The molecule has 27 heavy (non-hydrogen) atoms. The van der Waals surface area contributed by atoms with Crippen LogP contribution in [0.5, 0.6) is 0 Å². The maximum absolute atomic E-state index is 13.1. The standard InChI is InChI=1S/C19H29N5O3/c1-11(2)15-9-21-22-16(15)10-20-19(25)18-14-8-12(3)27-13(4)17(14)23-24(18)6-7-26-5/h9,11-13H,6-8,10H2,1-5H3,(H,20,25)(H,21,22)/t12-,13+/m0/s1. The Bertz CT molecular complexity index is 795. The molecule has 0 aromatic carbocycles. The molecule has 0 aliphatic carbocycles. The van der Waals surface area contributed by atoms with E-state index in [-0.39, 0.29) is 18.1 Å². The molecule has 3 rings (SSSR count). The van der Waals surface area contributed by atoms with Crippen molar-refractivity contribution in [3.8, 4) is 0 Å². The SMILES string of the molecule is COCCn1nc2c(c1C(=O)NCc1[nH]ncc1C(C)C)C[C@H](C)O[C@@H]2C. The van der Waals surface area contributed by atoms with Gasteiger partial charge in [0.1, 0.15) is 5.69 Å². The van der Waals surface area contributed by atoms with Crippen LogP contribution in [0.1, 0.15) is 72.7 Å². The Hall–Kier alpha value is -2.19. The third kappa shape index (κ3) is 4.06. The number of carbonyl (C=O) groups excluding carboxylic acids is 1. The molecule has 0 saturated heterocycles. The van der Waals surface area contributed by atoms with Gasteiger partial charge < -0.3 is 14.8 Å². The van der Waals surface area contributed by atoms with Gasteiger partial charge in [0.05, 0.1) is 49.5 Å². The minimum absolute atomic E-state index is 0.0549. The Labute approximate surface area is 159 Å². The first-order valence-corrected chi connectivity index (χ1v) is 9.46. The van der Waals surface area contributed by atoms with Gasteiger partial charge in [0.15, 0.2) is 0 Å². The smallest absolute Gasteiger partial charge is 0.270 e. The summed E-state index contributed by atoms with van der Waals surface area (Å²) in [6.07, 6.45) is 2.42. The second-order valence-corrected chi connectivity index (χ2v) is 7.36. The number of H-pyrrole nitrogens is 1. The maximum atomic E-state index is 13.1. The van der Waals surface area contributed by atoms with Crippen molar-refractivity contribution in [2.24, 2.45) is 0 Å². The number of amides is 1. The van der Waals surface area contributed by atoms with Gasteiger partial charge in [-0.1, -0.05) is 13.8 Å². The van der Waals surface area contributed by atoms with E-state index < -0.39 is 0 Å². The van der Waals surface area contributed by atoms with Crippen LogP contribution >= 0.6 is 0 Å². The molecule has 0 fully saturated rings. The molecule has 8 nitrogen and oxygen atoms in total. The van der Waals surface area contributed by atoms with Crippen LogP contribution in [-0.4, -0.2) is 45.7 Å². The number of ether oxygens (including phenoxy) is 2. The second-order valence-electron chi connectivity index (χ2n) is 7.36. The van der Waals surface area contributed by atoms with Crippen LogP contribution in [0.4, 0.5) is 0 Å². The van der Waals surface area contributed by atoms with E-state index in [1.807, 2.05) is 20.0 Å². The first kappa shape index (κ1) is 19.6. The van der Waals surface area contributed by atoms with E-state index >= 15 is 0 Å². The summed E-state index contributed by atoms with van der Waals surface area (Å²) in [4.78, 5) is 13.1. The minimum Gasteiger partial charge on any atom is -0.383 e. The molecule has 2 N–H and O–H groups in total. The van der Waals surface area contributed by atoms with Crippen molar-refractivity contribution in [3.05, 3.63) is 34.4 Å². The van der Waals surface area contributed by atoms with Crippen molar-refractivity contribution >= 4 is 5.91 Å². The van der Waals surface area contributed by atoms with E-state index in [0.717, 1.165) is 22.5 Å². The first-order chi connectivity index (χ1) is 12.9. The molecule has 148 valence electrons. The van der Waals surface area contributed by atoms with Gasteiger partial charge in [0.25, 0.3) is 5.91 Å². The molecule has 8 heteroatoms. The monoisotopic (exact) mass is 375 g/mol. The second kappa shape index (κ2) is 8.22. The lowest BCUT2D eigenvalue weighted by molar-refractivity contribution is -0.00716. The van der Waals surface area contributed by atoms with Crippen molar-refractivity contribution < 1.29 is 14.3 Å². The molecule has 0 saturated carbocycles. The highest BCUT2D eigenvalue weighted by Crippen LogP contribution is 2.31. The summed E-state index contributed by atoms with van der Waals surface area (Å²) >= 11 is 0. The van der Waals surface area contributed by atoms with Gasteiger partial charge >= 0.3 is 0 Å². The molecule has 0 radical (unpaired) electrons. The predicted molar refractivity (Wildman–Crippen MR) is 101 cm³/mol. The van der Waals surface area contributed by atoms with Crippen LogP contribution in [-0.2, 0) is 29.0 Å². The Morgan fingerprint density at radius 3 is 2.96 bits per heavy atom. The fourth-order valence-corrected chi connectivity index (χ4v) is 3.60. The fraction of sp³-hybridized carbons (Fsp3) is 0.632.